The second-order valence-electron chi connectivity index (χ2n) is 4.78. The molecule has 0 aliphatic carbocycles. The van der Waals surface area contributed by atoms with Gasteiger partial charge in [-0.1, -0.05) is 29.5 Å². The zero-order valence-corrected chi connectivity index (χ0v) is 14.1. The van der Waals surface area contributed by atoms with Crippen molar-refractivity contribution in [2.45, 2.75) is 12.8 Å². The SMILES string of the molecule is COc1ccc(CCc2nnc(NC(=O)c3cccs3)s2)cc1. The van der Waals surface area contributed by atoms with Crippen LogP contribution in [0.5, 0.6) is 5.75 Å². The molecule has 0 radical (unpaired) electrons. The van der Waals surface area contributed by atoms with Crippen molar-refractivity contribution in [3.63, 3.8) is 0 Å². The summed E-state index contributed by atoms with van der Waals surface area (Å²) in [5.74, 6) is 0.709. The van der Waals surface area contributed by atoms with Crippen LogP contribution in [0.4, 0.5) is 5.13 Å². The van der Waals surface area contributed by atoms with E-state index in [9.17, 15) is 4.79 Å². The molecule has 0 saturated heterocycles. The normalized spacial score (nSPS) is 10.5. The van der Waals surface area contributed by atoms with Gasteiger partial charge in [0.15, 0.2) is 0 Å². The number of nitrogens with one attached hydrogen (secondary N) is 1. The molecule has 3 rings (SSSR count). The van der Waals surface area contributed by atoms with Crippen LogP contribution in [0, 0.1) is 0 Å². The molecule has 3 aromatic rings. The fourth-order valence-corrected chi connectivity index (χ4v) is 3.37. The van der Waals surface area contributed by atoms with E-state index in [1.807, 2.05) is 35.7 Å². The van der Waals surface area contributed by atoms with Gasteiger partial charge in [0.05, 0.1) is 12.0 Å². The number of aromatic nitrogens is 2. The lowest BCUT2D eigenvalue weighted by Crippen LogP contribution is -2.09. The van der Waals surface area contributed by atoms with Gasteiger partial charge in [-0.15, -0.1) is 21.5 Å². The third-order valence-corrected chi connectivity index (χ3v) is 4.99. The van der Waals surface area contributed by atoms with E-state index in [1.165, 1.54) is 28.2 Å². The molecule has 0 aliphatic rings. The molecule has 7 heteroatoms. The van der Waals surface area contributed by atoms with Crippen LogP contribution in [-0.4, -0.2) is 23.2 Å². The second-order valence-corrected chi connectivity index (χ2v) is 6.79. The maximum absolute atomic E-state index is 12.0. The lowest BCUT2D eigenvalue weighted by atomic mass is 10.1. The first kappa shape index (κ1) is 15.6. The number of carbonyl (C=O) groups excluding carboxylic acids is 1. The summed E-state index contributed by atoms with van der Waals surface area (Å²) in [6.07, 6.45) is 1.66. The van der Waals surface area contributed by atoms with Crippen molar-refractivity contribution >= 4 is 33.7 Å². The van der Waals surface area contributed by atoms with E-state index in [-0.39, 0.29) is 5.91 Å². The zero-order chi connectivity index (χ0) is 16.1. The number of amides is 1. The first-order valence-corrected chi connectivity index (χ1v) is 8.74. The largest absolute Gasteiger partial charge is 0.497 e. The maximum atomic E-state index is 12.0. The molecule has 0 bridgehead atoms. The number of thiophene rings is 1. The van der Waals surface area contributed by atoms with Crippen LogP contribution in [0.1, 0.15) is 20.2 Å². The molecular formula is C16H15N3O2S2. The number of hydrogen-bond acceptors (Lipinski definition) is 6. The third-order valence-electron chi connectivity index (χ3n) is 3.22. The summed E-state index contributed by atoms with van der Waals surface area (Å²) in [6, 6.07) is 11.6. The number of nitrogens with zero attached hydrogens (tertiary/aromatic N) is 2. The van der Waals surface area contributed by atoms with Crippen LogP contribution in [0.15, 0.2) is 41.8 Å². The minimum atomic E-state index is -0.141. The van der Waals surface area contributed by atoms with Crippen LogP contribution in [0.3, 0.4) is 0 Å². The zero-order valence-electron chi connectivity index (χ0n) is 12.5. The van der Waals surface area contributed by atoms with E-state index in [1.54, 1.807) is 13.2 Å². The quantitative estimate of drug-likeness (QED) is 0.741. The topological polar surface area (TPSA) is 64.1 Å². The van der Waals surface area contributed by atoms with Crippen molar-refractivity contribution in [1.29, 1.82) is 0 Å². The number of carbonyl (C=O) groups is 1. The summed E-state index contributed by atoms with van der Waals surface area (Å²) in [5, 5.41) is 14.2. The van der Waals surface area contributed by atoms with Crippen LogP contribution >= 0.6 is 22.7 Å². The number of benzene rings is 1. The van der Waals surface area contributed by atoms with Gasteiger partial charge >= 0.3 is 0 Å². The summed E-state index contributed by atoms with van der Waals surface area (Å²) in [7, 11) is 1.66. The summed E-state index contributed by atoms with van der Waals surface area (Å²) in [5.41, 5.74) is 1.21. The van der Waals surface area contributed by atoms with Gasteiger partial charge in [0, 0.05) is 6.42 Å². The third kappa shape index (κ3) is 4.14. The average molecular weight is 345 g/mol. The van der Waals surface area contributed by atoms with E-state index in [0.29, 0.717) is 10.0 Å². The molecule has 2 aromatic heterocycles. The van der Waals surface area contributed by atoms with Crippen LogP contribution in [0.2, 0.25) is 0 Å². The molecule has 23 heavy (non-hydrogen) atoms. The Morgan fingerprint density at radius 3 is 2.70 bits per heavy atom. The summed E-state index contributed by atoms with van der Waals surface area (Å²) >= 11 is 2.81. The van der Waals surface area contributed by atoms with E-state index in [4.69, 9.17) is 4.74 Å². The van der Waals surface area contributed by atoms with Gasteiger partial charge in [0.1, 0.15) is 10.8 Å². The van der Waals surface area contributed by atoms with Gasteiger partial charge < -0.3 is 4.74 Å². The standard InChI is InChI=1S/C16H15N3O2S2/c1-21-12-7-4-11(5-8-12)6-9-14-18-19-16(23-14)17-15(20)13-3-2-10-22-13/h2-5,7-8,10H,6,9H2,1H3,(H,17,19,20). The van der Waals surface area contributed by atoms with Crippen molar-refractivity contribution in [3.05, 3.63) is 57.2 Å². The van der Waals surface area contributed by atoms with Crippen molar-refractivity contribution in [2.24, 2.45) is 0 Å². The second kappa shape index (κ2) is 7.34. The smallest absolute Gasteiger partial charge is 0.267 e. The molecule has 1 aromatic carbocycles. The van der Waals surface area contributed by atoms with Crippen LogP contribution in [-0.2, 0) is 12.8 Å². The Bertz CT molecular complexity index is 767. The maximum Gasteiger partial charge on any atom is 0.267 e. The van der Waals surface area contributed by atoms with Crippen LogP contribution < -0.4 is 10.1 Å². The minimum Gasteiger partial charge on any atom is -0.497 e. The monoisotopic (exact) mass is 345 g/mol. The Labute approximate surface area is 142 Å². The number of rotatable bonds is 6. The first-order chi connectivity index (χ1) is 11.2. The lowest BCUT2D eigenvalue weighted by molar-refractivity contribution is 0.103. The molecular weight excluding hydrogens is 330 g/mol. The summed E-state index contributed by atoms with van der Waals surface area (Å²) in [6.45, 7) is 0. The minimum absolute atomic E-state index is 0.141. The van der Waals surface area contributed by atoms with Gasteiger partial charge in [-0.3, -0.25) is 10.1 Å². The van der Waals surface area contributed by atoms with Gasteiger partial charge in [0.25, 0.3) is 5.91 Å². The Kier molecular flexibility index (Phi) is 4.99. The van der Waals surface area contributed by atoms with E-state index < -0.39 is 0 Å². The fraction of sp³-hybridized carbons (Fsp3) is 0.188. The number of methoxy groups -OCH3 is 1. The Balaban J connectivity index is 1.55. The molecule has 0 aliphatic heterocycles. The van der Waals surface area contributed by atoms with E-state index in [2.05, 4.69) is 15.5 Å². The predicted octanol–water partition coefficient (Wildman–Crippen LogP) is 3.65. The van der Waals surface area contributed by atoms with Crippen molar-refractivity contribution in [2.75, 3.05) is 12.4 Å². The number of anilines is 1. The Hall–Kier alpha value is -2.25. The highest BCUT2D eigenvalue weighted by molar-refractivity contribution is 7.15. The number of hydrogen-bond donors (Lipinski definition) is 1. The van der Waals surface area contributed by atoms with Gasteiger partial charge in [-0.25, -0.2) is 0 Å². The summed E-state index contributed by atoms with van der Waals surface area (Å²) in [4.78, 5) is 12.6. The molecule has 0 spiro atoms. The molecule has 1 amide bonds. The highest BCUT2D eigenvalue weighted by Gasteiger charge is 2.11. The lowest BCUT2D eigenvalue weighted by Gasteiger charge is -2.01. The highest BCUT2D eigenvalue weighted by atomic mass is 32.1. The molecule has 5 nitrogen and oxygen atoms in total. The molecule has 0 unspecified atom stereocenters. The molecule has 2 heterocycles. The predicted molar refractivity (Wildman–Crippen MR) is 92.6 cm³/mol. The highest BCUT2D eigenvalue weighted by Crippen LogP contribution is 2.20. The van der Waals surface area contributed by atoms with Crippen molar-refractivity contribution in [1.82, 2.24) is 10.2 Å². The van der Waals surface area contributed by atoms with Crippen LogP contribution in [0.25, 0.3) is 0 Å². The van der Waals surface area contributed by atoms with Gasteiger partial charge in [-0.05, 0) is 35.6 Å². The molecule has 0 saturated carbocycles. The van der Waals surface area contributed by atoms with E-state index >= 15 is 0 Å². The first-order valence-electron chi connectivity index (χ1n) is 7.05. The van der Waals surface area contributed by atoms with Gasteiger partial charge in [-0.2, -0.15) is 0 Å². The van der Waals surface area contributed by atoms with Gasteiger partial charge in [0.2, 0.25) is 5.13 Å². The number of aryl methyl sites for hydroxylation is 2. The van der Waals surface area contributed by atoms with E-state index in [0.717, 1.165) is 23.6 Å². The Morgan fingerprint density at radius 2 is 2.00 bits per heavy atom. The molecule has 0 fully saturated rings. The molecule has 118 valence electrons. The summed E-state index contributed by atoms with van der Waals surface area (Å²) < 4.78 is 5.14. The van der Waals surface area contributed by atoms with Crippen molar-refractivity contribution < 1.29 is 9.53 Å². The average Bonchev–Trinajstić information content (AvgIpc) is 3.25. The molecule has 1 N–H and O–H groups in total. The Morgan fingerprint density at radius 1 is 1.17 bits per heavy atom. The fourth-order valence-electron chi connectivity index (χ4n) is 2.02. The number of ether oxygens (including phenoxy) is 1. The van der Waals surface area contributed by atoms with Crippen molar-refractivity contribution in [3.8, 4) is 5.75 Å². The molecule has 0 atom stereocenters.